The number of ether oxygens (including phenoxy) is 2. The zero-order valence-electron chi connectivity index (χ0n) is 25.3. The maximum absolute atomic E-state index is 13.2. The third-order valence-corrected chi connectivity index (χ3v) is 10.3. The summed E-state index contributed by atoms with van der Waals surface area (Å²) in [6.45, 7) is 10.1. The van der Waals surface area contributed by atoms with Crippen molar-refractivity contribution in [2.24, 2.45) is 17.8 Å². The van der Waals surface area contributed by atoms with Crippen LogP contribution in [0.5, 0.6) is 0 Å². The van der Waals surface area contributed by atoms with E-state index in [1.165, 1.54) is 44.8 Å². The number of rotatable bonds is 12. The van der Waals surface area contributed by atoms with E-state index in [4.69, 9.17) is 9.47 Å². The van der Waals surface area contributed by atoms with Crippen LogP contribution in [0, 0.1) is 17.8 Å². The van der Waals surface area contributed by atoms with Crippen molar-refractivity contribution in [3.8, 4) is 0 Å². The quantitative estimate of drug-likeness (QED) is 0.0578. The lowest BCUT2D eigenvalue weighted by Gasteiger charge is -2.57. The molecule has 9 nitrogen and oxygen atoms in total. The van der Waals surface area contributed by atoms with Gasteiger partial charge in [0.05, 0.1) is 18.1 Å². The van der Waals surface area contributed by atoms with Crippen molar-refractivity contribution in [2.75, 3.05) is 6.61 Å². The van der Waals surface area contributed by atoms with E-state index in [-0.39, 0.29) is 12.0 Å². The molecule has 2 saturated carbocycles. The minimum absolute atomic E-state index is 0.0995. The average Bonchev–Trinajstić information content (AvgIpc) is 3.63. The highest BCUT2D eigenvalue weighted by Gasteiger charge is 2.83. The second-order valence-corrected chi connectivity index (χ2v) is 13.0. The van der Waals surface area contributed by atoms with Crippen LogP contribution in [0.2, 0.25) is 0 Å². The molecule has 0 aromatic carbocycles. The van der Waals surface area contributed by atoms with E-state index < -0.39 is 76.8 Å². The van der Waals surface area contributed by atoms with Gasteiger partial charge in [0.15, 0.2) is 11.4 Å². The summed E-state index contributed by atoms with van der Waals surface area (Å²) in [5, 5.41) is 58.0. The summed E-state index contributed by atoms with van der Waals surface area (Å²) >= 11 is 0. The number of aliphatic hydroxyl groups is 5. The monoisotopic (exact) mass is 588 g/mol. The molecule has 0 aromatic rings. The Morgan fingerprint density at radius 1 is 1.17 bits per heavy atom. The van der Waals surface area contributed by atoms with Gasteiger partial charge in [0, 0.05) is 12.0 Å². The Kier molecular flexibility index (Phi) is 9.44. The molecule has 0 bridgehead atoms. The van der Waals surface area contributed by atoms with Gasteiger partial charge in [-0.1, -0.05) is 76.8 Å². The molecule has 1 heterocycles. The topological polar surface area (TPSA) is 157 Å². The number of carbonyl (C=O) groups is 2. The molecule has 3 aliphatic carbocycles. The molecule has 0 unspecified atom stereocenters. The zero-order chi connectivity index (χ0) is 31.1. The van der Waals surface area contributed by atoms with Gasteiger partial charge in [0.1, 0.15) is 29.5 Å². The molecule has 0 spiro atoms. The van der Waals surface area contributed by atoms with Crippen molar-refractivity contribution in [3.63, 3.8) is 0 Å². The van der Waals surface area contributed by atoms with Crippen LogP contribution in [0.25, 0.3) is 0 Å². The van der Waals surface area contributed by atoms with Gasteiger partial charge in [-0.2, -0.15) is 0 Å². The van der Waals surface area contributed by atoms with Crippen molar-refractivity contribution in [3.05, 3.63) is 48.1 Å². The summed E-state index contributed by atoms with van der Waals surface area (Å²) in [6.07, 6.45) is 11.5. The highest BCUT2D eigenvalue weighted by atomic mass is 16.6. The normalized spacial score (nSPS) is 42.6. The number of esters is 1. The van der Waals surface area contributed by atoms with Crippen molar-refractivity contribution >= 4 is 11.8 Å². The molecule has 4 rings (SSSR count). The van der Waals surface area contributed by atoms with Crippen LogP contribution in [0.15, 0.2) is 48.1 Å². The number of allylic oxidation sites excluding steroid dienone is 3. The average molecular weight is 589 g/mol. The van der Waals surface area contributed by atoms with E-state index >= 15 is 0 Å². The van der Waals surface area contributed by atoms with Gasteiger partial charge in [0.25, 0.3) is 0 Å². The molecule has 1 saturated heterocycles. The molecule has 9 heteroatoms. The maximum Gasteiger partial charge on any atom is 0.331 e. The number of hydrogen-bond acceptors (Lipinski definition) is 9. The Hall–Kier alpha value is -2.14. The maximum atomic E-state index is 13.2. The van der Waals surface area contributed by atoms with Gasteiger partial charge >= 0.3 is 5.97 Å². The summed E-state index contributed by atoms with van der Waals surface area (Å²) in [5.41, 5.74) is -7.60. The minimum atomic E-state index is -2.48. The zero-order valence-corrected chi connectivity index (χ0v) is 25.3. The van der Waals surface area contributed by atoms with Crippen molar-refractivity contribution in [1.82, 2.24) is 0 Å². The molecule has 4 aliphatic rings. The van der Waals surface area contributed by atoms with E-state index in [9.17, 15) is 35.1 Å². The first-order valence-electron chi connectivity index (χ1n) is 15.3. The van der Waals surface area contributed by atoms with E-state index in [1.54, 1.807) is 26.0 Å². The molecular formula is C33H48O9. The largest absolute Gasteiger partial charge is 0.455 e. The van der Waals surface area contributed by atoms with Crippen LogP contribution < -0.4 is 0 Å². The Bertz CT molecular complexity index is 1160. The lowest BCUT2D eigenvalue weighted by Crippen LogP contribution is -2.71. The molecule has 0 amide bonds. The number of fused-ring (bicyclic) bond motifs is 5. The highest BCUT2D eigenvalue weighted by molar-refractivity contribution is 6.05. The Morgan fingerprint density at radius 3 is 2.48 bits per heavy atom. The first-order chi connectivity index (χ1) is 19.8. The molecular weight excluding hydrogens is 540 g/mol. The lowest BCUT2D eigenvalue weighted by molar-refractivity contribution is -0.252. The molecule has 3 fully saturated rings. The fourth-order valence-corrected chi connectivity index (χ4v) is 7.71. The van der Waals surface area contributed by atoms with E-state index in [1.807, 2.05) is 6.08 Å². The van der Waals surface area contributed by atoms with Gasteiger partial charge < -0.3 is 35.0 Å². The summed E-state index contributed by atoms with van der Waals surface area (Å²) in [6, 6.07) is 0. The van der Waals surface area contributed by atoms with Crippen molar-refractivity contribution in [1.29, 1.82) is 0 Å². The first-order valence-corrected chi connectivity index (χ1v) is 15.3. The summed E-state index contributed by atoms with van der Waals surface area (Å²) in [5.74, 6) is -4.83. The third-order valence-electron chi connectivity index (χ3n) is 10.3. The van der Waals surface area contributed by atoms with Gasteiger partial charge in [-0.25, -0.2) is 4.79 Å². The number of ketones is 1. The third kappa shape index (κ3) is 5.06. The Labute approximate surface area is 248 Å². The Morgan fingerprint density at radius 2 is 1.83 bits per heavy atom. The number of unbranched alkanes of at least 4 members (excludes halogenated alkanes) is 6. The smallest absolute Gasteiger partial charge is 0.331 e. The van der Waals surface area contributed by atoms with E-state index in [2.05, 4.69) is 13.5 Å². The first kappa shape index (κ1) is 32.8. The minimum Gasteiger partial charge on any atom is -0.455 e. The van der Waals surface area contributed by atoms with Crippen LogP contribution in [0.4, 0.5) is 0 Å². The van der Waals surface area contributed by atoms with E-state index in [0.717, 1.165) is 19.3 Å². The number of carbonyl (C=O) groups excluding carboxylic acids is 2. The van der Waals surface area contributed by atoms with Crippen LogP contribution >= 0.6 is 0 Å². The summed E-state index contributed by atoms with van der Waals surface area (Å²) < 4.78 is 11.7. The highest BCUT2D eigenvalue weighted by Crippen LogP contribution is 2.65. The van der Waals surface area contributed by atoms with Crippen LogP contribution in [-0.2, 0) is 19.1 Å². The fraction of sp³-hybridized carbons (Fsp3) is 0.697. The molecule has 0 aromatic heterocycles. The number of hydrogen-bond donors (Lipinski definition) is 5. The molecule has 5 N–H and O–H groups in total. The second kappa shape index (κ2) is 12.1. The Balaban J connectivity index is 1.62. The number of Topliss-reactive ketones (excluding diaryl/α,β-unsaturated/α-hetero) is 1. The van der Waals surface area contributed by atoms with Gasteiger partial charge in [0.2, 0.25) is 0 Å². The van der Waals surface area contributed by atoms with Crippen LogP contribution in [-0.4, -0.2) is 84.6 Å². The molecule has 0 radical (unpaired) electrons. The lowest BCUT2D eigenvalue weighted by atomic mass is 9.54. The van der Waals surface area contributed by atoms with Crippen molar-refractivity contribution < 1.29 is 44.6 Å². The summed E-state index contributed by atoms with van der Waals surface area (Å²) in [4.78, 5) is 26.4. The second-order valence-electron chi connectivity index (χ2n) is 13.0. The molecule has 10 atom stereocenters. The van der Waals surface area contributed by atoms with E-state index in [0.29, 0.717) is 5.57 Å². The number of epoxide rings is 1. The van der Waals surface area contributed by atoms with Crippen molar-refractivity contribution in [2.45, 2.75) is 120 Å². The molecule has 42 heavy (non-hydrogen) atoms. The van der Waals surface area contributed by atoms with Gasteiger partial charge in [-0.3, -0.25) is 4.79 Å². The predicted octanol–water partition coefficient (Wildman–Crippen LogP) is 2.84. The predicted molar refractivity (Wildman–Crippen MR) is 156 cm³/mol. The fourth-order valence-electron chi connectivity index (χ4n) is 7.71. The SMILES string of the molecule is C=C(C)[C@]1(O)C[C@@H](C)[C@@]2(O)[C@H]([C@H]1OC(=O)/C=C/C=C/CCCCCCCC)[C@@H]1O[C@]1(CO)[C@@H](O)[C@]1(O)C(=O)C(C)=C[C@H]12. The number of aliphatic hydroxyl groups excluding tert-OH is 2. The molecule has 234 valence electrons. The van der Waals surface area contributed by atoms with Crippen LogP contribution in [0.1, 0.15) is 79.1 Å². The van der Waals surface area contributed by atoms with Gasteiger partial charge in [-0.15, -0.1) is 0 Å². The standard InChI is InChI=1S/C33H48O9/c1-6-7-8-9-10-11-12-13-14-15-16-24(35)41-27-25-28-31(19-34,42-28)29(37)33(40)23(17-21(4)26(33)36)32(25,39)22(5)18-30(27,38)20(2)3/h13-17,22-23,25,27-29,34,37-40H,2,6-12,18-19H2,1,3-5H3/b14-13+,16-15+/t22-,23+,25-,27-,28+,29-,30-,31+,32+,33-/m1/s1. The van der Waals surface area contributed by atoms with Gasteiger partial charge in [-0.05, 0) is 50.2 Å². The summed E-state index contributed by atoms with van der Waals surface area (Å²) in [7, 11) is 0. The van der Waals surface area contributed by atoms with Crippen LogP contribution in [0.3, 0.4) is 0 Å². The molecule has 1 aliphatic heterocycles.